The van der Waals surface area contributed by atoms with Crippen molar-refractivity contribution in [2.75, 3.05) is 5.32 Å². The number of imidazole rings is 1. The number of aromatic nitrogens is 4. The van der Waals surface area contributed by atoms with Crippen LogP contribution in [0.2, 0.25) is 0 Å². The molecule has 0 unspecified atom stereocenters. The number of hydrogen-bond donors (Lipinski definition) is 2. The summed E-state index contributed by atoms with van der Waals surface area (Å²) in [5.41, 5.74) is 6.80. The highest BCUT2D eigenvalue weighted by molar-refractivity contribution is 6.03. The average Bonchev–Trinajstić information content (AvgIpc) is 3.47. The van der Waals surface area contributed by atoms with E-state index in [1.54, 1.807) is 0 Å². The summed E-state index contributed by atoms with van der Waals surface area (Å²) < 4.78 is 15.2. The molecule has 0 radical (unpaired) electrons. The topological polar surface area (TPSA) is 111 Å². The maximum atomic E-state index is 13.1. The van der Waals surface area contributed by atoms with Gasteiger partial charge in [-0.2, -0.15) is 0 Å². The lowest BCUT2D eigenvalue weighted by molar-refractivity contribution is -0.252. The van der Waals surface area contributed by atoms with Crippen LogP contribution in [0.3, 0.4) is 0 Å². The van der Waals surface area contributed by atoms with Crippen LogP contribution >= 0.6 is 0 Å². The van der Waals surface area contributed by atoms with E-state index in [9.17, 15) is 9.90 Å². The Morgan fingerprint density at radius 2 is 1.65 bits per heavy atom. The van der Waals surface area contributed by atoms with Gasteiger partial charge in [0.2, 0.25) is 0 Å². The molecule has 6 aromatic rings. The third kappa shape index (κ3) is 5.74. The molecule has 214 valence electrons. The quantitative estimate of drug-likeness (QED) is 0.243. The molecule has 4 aromatic carbocycles. The minimum absolute atomic E-state index is 0.0167. The molecular weight excluding hydrogens is 542 g/mol. The van der Waals surface area contributed by atoms with Crippen molar-refractivity contribution in [3.05, 3.63) is 132 Å². The Labute approximate surface area is 247 Å². The number of ether oxygens (including phenoxy) is 2. The van der Waals surface area contributed by atoms with Crippen LogP contribution in [0.15, 0.2) is 110 Å². The molecular formula is C34H29N5O4. The number of benzene rings is 4. The fourth-order valence-corrected chi connectivity index (χ4v) is 5.43. The van der Waals surface area contributed by atoms with Gasteiger partial charge in [-0.1, -0.05) is 60.7 Å². The van der Waals surface area contributed by atoms with Gasteiger partial charge in [-0.15, -0.1) is 0 Å². The van der Waals surface area contributed by atoms with E-state index in [0.717, 1.165) is 33.2 Å². The van der Waals surface area contributed by atoms with E-state index in [1.165, 1.54) is 6.20 Å². The molecule has 0 spiro atoms. The summed E-state index contributed by atoms with van der Waals surface area (Å²) in [5.74, 6) is -0.354. The summed E-state index contributed by atoms with van der Waals surface area (Å²) in [6.07, 6.45) is 2.87. The first-order chi connectivity index (χ1) is 21.1. The normalized spacial score (nSPS) is 18.6. The number of para-hydroxylation sites is 4. The van der Waals surface area contributed by atoms with Gasteiger partial charge in [0.05, 0.1) is 60.0 Å². The van der Waals surface area contributed by atoms with Crippen molar-refractivity contribution in [1.29, 1.82) is 0 Å². The molecule has 43 heavy (non-hydrogen) atoms. The minimum atomic E-state index is -0.673. The zero-order chi connectivity index (χ0) is 29.2. The molecule has 2 aromatic heterocycles. The fourth-order valence-electron chi connectivity index (χ4n) is 5.43. The third-order valence-electron chi connectivity index (χ3n) is 7.64. The summed E-state index contributed by atoms with van der Waals surface area (Å²) in [5, 5.41) is 12.4. The first-order valence-electron chi connectivity index (χ1n) is 14.2. The van der Waals surface area contributed by atoms with E-state index in [0.29, 0.717) is 24.2 Å². The number of rotatable bonds is 7. The Morgan fingerprint density at radius 3 is 2.49 bits per heavy atom. The van der Waals surface area contributed by atoms with Crippen LogP contribution < -0.4 is 5.32 Å². The SMILES string of the molecule is O=C(Nc1cccc([C@H]2O[C@@H](Cn3cnc4ccccc43)C[C@@H](c3ccc(CO)cc3)O2)c1)c1cnc2ccccc2n1. The van der Waals surface area contributed by atoms with Crippen LogP contribution in [0, 0.1) is 0 Å². The van der Waals surface area contributed by atoms with Gasteiger partial charge in [0.1, 0.15) is 5.69 Å². The molecule has 1 saturated heterocycles. The number of aliphatic hydroxyl groups excluding tert-OH is 1. The van der Waals surface area contributed by atoms with Crippen LogP contribution in [0.5, 0.6) is 0 Å². The molecule has 0 saturated carbocycles. The zero-order valence-electron chi connectivity index (χ0n) is 23.2. The molecule has 3 heterocycles. The molecule has 0 bridgehead atoms. The number of anilines is 1. The highest BCUT2D eigenvalue weighted by atomic mass is 16.7. The smallest absolute Gasteiger partial charge is 0.275 e. The minimum Gasteiger partial charge on any atom is -0.392 e. The molecule has 9 nitrogen and oxygen atoms in total. The number of fused-ring (bicyclic) bond motifs is 2. The second kappa shape index (κ2) is 11.7. The van der Waals surface area contributed by atoms with Crippen LogP contribution in [-0.4, -0.2) is 36.6 Å². The lowest BCUT2D eigenvalue weighted by atomic mass is 10.00. The van der Waals surface area contributed by atoms with E-state index in [4.69, 9.17) is 9.47 Å². The first kappa shape index (κ1) is 26.9. The number of nitrogens with zero attached hydrogens (tertiary/aromatic N) is 4. The molecule has 1 amide bonds. The van der Waals surface area contributed by atoms with Crippen molar-refractivity contribution in [2.45, 2.75) is 38.1 Å². The van der Waals surface area contributed by atoms with Gasteiger partial charge in [0, 0.05) is 17.7 Å². The van der Waals surface area contributed by atoms with Crippen molar-refractivity contribution < 1.29 is 19.4 Å². The molecule has 7 rings (SSSR count). The molecule has 3 atom stereocenters. The second-order valence-electron chi connectivity index (χ2n) is 10.6. The summed E-state index contributed by atoms with van der Waals surface area (Å²) >= 11 is 0. The molecule has 2 N–H and O–H groups in total. The standard InChI is InChI=1S/C34H29N5O4/c40-20-22-12-14-23(15-13-22)32-17-26(19-39-21-36-29-10-3-4-11-31(29)39)42-34(43-32)24-6-5-7-25(16-24)37-33(41)30-18-35-27-8-1-2-9-28(27)38-30/h1-16,18,21,26,32,34,40H,17,19-20H2,(H,37,41)/t26-,32+,34+/m1/s1. The van der Waals surface area contributed by atoms with Gasteiger partial charge in [-0.05, 0) is 47.5 Å². The van der Waals surface area contributed by atoms with Crippen molar-refractivity contribution in [3.8, 4) is 0 Å². The number of aliphatic hydroxyl groups is 1. The van der Waals surface area contributed by atoms with E-state index < -0.39 is 6.29 Å². The van der Waals surface area contributed by atoms with Crippen molar-refractivity contribution in [2.24, 2.45) is 0 Å². The Balaban J connectivity index is 1.14. The maximum absolute atomic E-state index is 13.1. The van der Waals surface area contributed by atoms with E-state index in [2.05, 4.69) is 30.9 Å². The predicted molar refractivity (Wildman–Crippen MR) is 162 cm³/mol. The van der Waals surface area contributed by atoms with Gasteiger partial charge in [0.25, 0.3) is 5.91 Å². The van der Waals surface area contributed by atoms with Crippen molar-refractivity contribution in [3.63, 3.8) is 0 Å². The van der Waals surface area contributed by atoms with E-state index >= 15 is 0 Å². The summed E-state index contributed by atoms with van der Waals surface area (Å²) in [6.45, 7) is 0.583. The van der Waals surface area contributed by atoms with Gasteiger partial charge >= 0.3 is 0 Å². The number of carbonyl (C=O) groups excluding carboxylic acids is 1. The molecule has 1 aliphatic rings. The van der Waals surface area contributed by atoms with E-state index in [1.807, 2.05) is 97.3 Å². The van der Waals surface area contributed by atoms with Crippen LogP contribution in [-0.2, 0) is 22.6 Å². The Bertz CT molecular complexity index is 1910. The highest BCUT2D eigenvalue weighted by Crippen LogP contribution is 2.39. The van der Waals surface area contributed by atoms with Gasteiger partial charge in [0.15, 0.2) is 6.29 Å². The molecule has 1 fully saturated rings. The summed E-state index contributed by atoms with van der Waals surface area (Å²) in [4.78, 5) is 26.4. The van der Waals surface area contributed by atoms with Crippen LogP contribution in [0.4, 0.5) is 5.69 Å². The predicted octanol–water partition coefficient (Wildman–Crippen LogP) is 5.97. The summed E-state index contributed by atoms with van der Waals surface area (Å²) in [6, 6.07) is 30.7. The van der Waals surface area contributed by atoms with E-state index in [-0.39, 0.29) is 30.4 Å². The van der Waals surface area contributed by atoms with Crippen molar-refractivity contribution >= 4 is 33.7 Å². The van der Waals surface area contributed by atoms with Gasteiger partial charge in [-0.25, -0.2) is 9.97 Å². The first-order valence-corrected chi connectivity index (χ1v) is 14.2. The van der Waals surface area contributed by atoms with Gasteiger partial charge in [-0.3, -0.25) is 9.78 Å². The number of nitrogens with one attached hydrogen (secondary N) is 1. The lowest BCUT2D eigenvalue weighted by Crippen LogP contribution is -2.32. The lowest BCUT2D eigenvalue weighted by Gasteiger charge is -2.36. The largest absolute Gasteiger partial charge is 0.392 e. The molecule has 1 aliphatic heterocycles. The fraction of sp³-hybridized carbons (Fsp3) is 0.176. The Morgan fingerprint density at radius 1 is 0.860 bits per heavy atom. The Hall–Kier alpha value is -4.96. The highest BCUT2D eigenvalue weighted by Gasteiger charge is 2.33. The number of hydrogen-bond acceptors (Lipinski definition) is 7. The van der Waals surface area contributed by atoms with Crippen LogP contribution in [0.25, 0.3) is 22.1 Å². The van der Waals surface area contributed by atoms with Crippen molar-refractivity contribution in [1.82, 2.24) is 19.5 Å². The molecule has 9 heteroatoms. The molecule has 0 aliphatic carbocycles. The monoisotopic (exact) mass is 571 g/mol. The Kier molecular flexibility index (Phi) is 7.34. The maximum Gasteiger partial charge on any atom is 0.275 e. The number of amides is 1. The average molecular weight is 572 g/mol. The zero-order valence-corrected chi connectivity index (χ0v) is 23.2. The number of carbonyl (C=O) groups is 1. The third-order valence-corrected chi connectivity index (χ3v) is 7.64. The second-order valence-corrected chi connectivity index (χ2v) is 10.6. The van der Waals surface area contributed by atoms with Gasteiger partial charge < -0.3 is 24.5 Å². The van der Waals surface area contributed by atoms with Crippen LogP contribution in [0.1, 0.15) is 46.0 Å². The summed E-state index contributed by atoms with van der Waals surface area (Å²) in [7, 11) is 0.